The summed E-state index contributed by atoms with van der Waals surface area (Å²) in [5.41, 5.74) is 7.71. The molecule has 11 heteroatoms. The van der Waals surface area contributed by atoms with E-state index in [2.05, 4.69) is 37.4 Å². The molecule has 0 aliphatic carbocycles. The topological polar surface area (TPSA) is 161 Å². The molecule has 2 aromatic heterocycles. The molecule has 3 heterocycles. The largest absolute Gasteiger partial charge is 0.480 e. The van der Waals surface area contributed by atoms with Crippen LogP contribution in [0.25, 0.3) is 0 Å². The minimum atomic E-state index is -1.38. The van der Waals surface area contributed by atoms with Gasteiger partial charge in [0, 0.05) is 37.8 Å². The molecule has 168 valence electrons. The summed E-state index contributed by atoms with van der Waals surface area (Å²) in [6.45, 7) is 0.996. The van der Waals surface area contributed by atoms with E-state index in [1.165, 1.54) is 16.4 Å². The molecule has 1 aliphatic rings. The zero-order valence-electron chi connectivity index (χ0n) is 17.3. The fourth-order valence-electron chi connectivity index (χ4n) is 3.35. The van der Waals surface area contributed by atoms with E-state index in [-0.39, 0.29) is 24.3 Å². The van der Waals surface area contributed by atoms with Crippen molar-refractivity contribution < 1.29 is 24.2 Å². The van der Waals surface area contributed by atoms with Gasteiger partial charge in [0.2, 0.25) is 0 Å². The van der Waals surface area contributed by atoms with Crippen LogP contribution >= 0.6 is 0 Å². The lowest BCUT2D eigenvalue weighted by molar-refractivity contribution is -0.139. The number of rotatable bonds is 9. The quantitative estimate of drug-likeness (QED) is 0.406. The number of anilines is 1. The van der Waals surface area contributed by atoms with Crippen LogP contribution in [0.5, 0.6) is 0 Å². The van der Waals surface area contributed by atoms with Gasteiger partial charge in [-0.3, -0.25) is 9.48 Å². The number of alkyl carbamates (subject to hydrolysis) is 1. The monoisotopic (exact) mass is 440 g/mol. The minimum Gasteiger partial charge on any atom is -0.480 e. The van der Waals surface area contributed by atoms with Gasteiger partial charge in [-0.15, -0.1) is 6.42 Å². The number of terminal acetylenes is 1. The first kappa shape index (κ1) is 22.6. The summed E-state index contributed by atoms with van der Waals surface area (Å²) in [7, 11) is 0. The summed E-state index contributed by atoms with van der Waals surface area (Å²) in [4.78, 5) is 39.7. The van der Waals surface area contributed by atoms with Crippen LogP contribution < -0.4 is 16.4 Å². The predicted octanol–water partition coefficient (Wildman–Crippen LogP) is 0.333. The van der Waals surface area contributed by atoms with Crippen molar-refractivity contribution in [1.82, 2.24) is 20.1 Å². The first-order valence-corrected chi connectivity index (χ1v) is 10.1. The second-order valence-corrected chi connectivity index (χ2v) is 7.23. The highest BCUT2D eigenvalue weighted by molar-refractivity contribution is 5.94. The third-order valence-electron chi connectivity index (χ3n) is 4.93. The van der Waals surface area contributed by atoms with Crippen molar-refractivity contribution in [3.05, 3.63) is 40.8 Å². The van der Waals surface area contributed by atoms with Crippen LogP contribution in [0.2, 0.25) is 0 Å². The number of carboxylic acids is 1. The Morgan fingerprint density at radius 1 is 1.41 bits per heavy atom. The van der Waals surface area contributed by atoms with E-state index in [0.29, 0.717) is 13.0 Å². The first-order chi connectivity index (χ1) is 15.4. The number of carboxylic acid groups (broad SMARTS) is 1. The number of pyridine rings is 1. The number of aryl methyl sites for hydroxylation is 3. The average molecular weight is 440 g/mol. The van der Waals surface area contributed by atoms with Crippen LogP contribution in [0.3, 0.4) is 0 Å². The minimum absolute atomic E-state index is 0.0788. The molecule has 0 bridgehead atoms. The Kier molecular flexibility index (Phi) is 7.28. The number of aromatic nitrogens is 3. The zero-order valence-corrected chi connectivity index (χ0v) is 17.3. The Morgan fingerprint density at radius 3 is 2.94 bits per heavy atom. The molecule has 0 radical (unpaired) electrons. The Labute approximate surface area is 184 Å². The van der Waals surface area contributed by atoms with E-state index in [4.69, 9.17) is 12.2 Å². The van der Waals surface area contributed by atoms with E-state index in [9.17, 15) is 19.5 Å². The molecule has 0 saturated carbocycles. The molecule has 0 fully saturated rings. The SMILES string of the molecule is C#CCOC(=O)N[C@@H](Cc1nn(CCc2ccc3c(n2)NCCC3)cc1C(N)=O)C(=O)O. The van der Waals surface area contributed by atoms with E-state index in [1.54, 1.807) is 0 Å². The number of amides is 2. The van der Waals surface area contributed by atoms with Crippen LogP contribution in [0.4, 0.5) is 10.6 Å². The van der Waals surface area contributed by atoms with Crippen molar-refractivity contribution in [3.8, 4) is 12.3 Å². The molecule has 2 aromatic rings. The molecule has 11 nitrogen and oxygen atoms in total. The number of carbonyl (C=O) groups is 3. The number of primary amides is 1. The molecule has 0 unspecified atom stereocenters. The van der Waals surface area contributed by atoms with Crippen molar-refractivity contribution in [2.75, 3.05) is 18.5 Å². The van der Waals surface area contributed by atoms with Gasteiger partial charge in [0.25, 0.3) is 5.91 Å². The Bertz CT molecular complexity index is 1060. The summed E-state index contributed by atoms with van der Waals surface area (Å²) in [5.74, 6) is 0.925. The predicted molar refractivity (Wildman–Crippen MR) is 114 cm³/mol. The number of ether oxygens (including phenoxy) is 1. The van der Waals surface area contributed by atoms with Gasteiger partial charge in [-0.1, -0.05) is 12.0 Å². The lowest BCUT2D eigenvalue weighted by Gasteiger charge is -2.17. The van der Waals surface area contributed by atoms with Crippen LogP contribution in [0, 0.1) is 12.3 Å². The summed E-state index contributed by atoms with van der Waals surface area (Å²) in [6.07, 6.45) is 7.85. The van der Waals surface area contributed by atoms with Gasteiger partial charge in [-0.25, -0.2) is 14.6 Å². The number of hydrogen-bond donors (Lipinski definition) is 4. The summed E-state index contributed by atoms with van der Waals surface area (Å²) < 4.78 is 6.15. The van der Waals surface area contributed by atoms with E-state index in [0.717, 1.165) is 30.9 Å². The fraction of sp³-hybridized carbons (Fsp3) is 0.381. The average Bonchev–Trinajstić information content (AvgIpc) is 3.18. The fourth-order valence-corrected chi connectivity index (χ4v) is 3.35. The van der Waals surface area contributed by atoms with Gasteiger partial charge >= 0.3 is 12.1 Å². The Morgan fingerprint density at radius 2 is 2.22 bits per heavy atom. The third kappa shape index (κ3) is 5.75. The van der Waals surface area contributed by atoms with Crippen LogP contribution in [0.15, 0.2) is 18.3 Å². The Hall–Kier alpha value is -4.07. The van der Waals surface area contributed by atoms with Crippen molar-refractivity contribution in [3.63, 3.8) is 0 Å². The molecule has 1 atom stereocenters. The molecular weight excluding hydrogens is 416 g/mol. The number of nitrogens with one attached hydrogen (secondary N) is 2. The highest BCUT2D eigenvalue weighted by Gasteiger charge is 2.25. The van der Waals surface area contributed by atoms with Crippen LogP contribution in [-0.2, 0) is 35.3 Å². The third-order valence-corrected chi connectivity index (χ3v) is 4.93. The smallest absolute Gasteiger partial charge is 0.408 e. The van der Waals surface area contributed by atoms with Crippen molar-refractivity contribution >= 4 is 23.8 Å². The second kappa shape index (κ2) is 10.3. The molecule has 3 rings (SSSR count). The van der Waals surface area contributed by atoms with E-state index in [1.807, 2.05) is 6.07 Å². The van der Waals surface area contributed by atoms with Gasteiger partial charge in [0.05, 0.1) is 11.3 Å². The van der Waals surface area contributed by atoms with Crippen LogP contribution in [-0.4, -0.2) is 57.0 Å². The summed E-state index contributed by atoms with van der Waals surface area (Å²) in [6, 6.07) is 2.63. The van der Waals surface area contributed by atoms with Crippen molar-refractivity contribution in [1.29, 1.82) is 0 Å². The second-order valence-electron chi connectivity index (χ2n) is 7.23. The maximum Gasteiger partial charge on any atom is 0.408 e. The van der Waals surface area contributed by atoms with Crippen LogP contribution in [0.1, 0.15) is 33.7 Å². The standard InChI is InChI=1S/C21H24N6O5/c1-2-10-32-21(31)25-17(20(29)30)11-16-15(18(22)28)12-27(26-16)9-7-14-6-5-13-4-3-8-23-19(13)24-14/h1,5-6,12,17H,3-4,7-11H2,(H2,22,28)(H,23,24)(H,25,31)(H,29,30)/t17-/m0/s1. The van der Waals surface area contributed by atoms with E-state index >= 15 is 0 Å². The van der Waals surface area contributed by atoms with Gasteiger partial charge < -0.3 is 26.2 Å². The van der Waals surface area contributed by atoms with Crippen molar-refractivity contribution in [2.24, 2.45) is 5.73 Å². The molecular formula is C21H24N6O5. The highest BCUT2D eigenvalue weighted by atomic mass is 16.5. The molecule has 1 aliphatic heterocycles. The number of nitrogens with two attached hydrogens (primary N) is 1. The molecule has 0 aromatic carbocycles. The van der Waals surface area contributed by atoms with Gasteiger partial charge in [0.15, 0.2) is 6.61 Å². The maximum absolute atomic E-state index is 11.9. The van der Waals surface area contributed by atoms with Crippen molar-refractivity contribution in [2.45, 2.75) is 38.3 Å². The molecule has 2 amide bonds. The molecule has 0 spiro atoms. The summed E-state index contributed by atoms with van der Waals surface area (Å²) in [5, 5.41) is 19.2. The number of fused-ring (bicyclic) bond motifs is 1. The zero-order chi connectivity index (χ0) is 23.1. The molecule has 0 saturated heterocycles. The van der Waals surface area contributed by atoms with Gasteiger partial charge in [-0.05, 0) is 24.5 Å². The number of hydrogen-bond acceptors (Lipinski definition) is 7. The molecule has 32 heavy (non-hydrogen) atoms. The first-order valence-electron chi connectivity index (χ1n) is 10.1. The van der Waals surface area contributed by atoms with E-state index < -0.39 is 24.0 Å². The lowest BCUT2D eigenvalue weighted by Crippen LogP contribution is -2.43. The number of nitrogens with zero attached hydrogens (tertiary/aromatic N) is 3. The number of carbonyl (C=O) groups excluding carboxylic acids is 2. The van der Waals surface area contributed by atoms with Gasteiger partial charge in [-0.2, -0.15) is 5.10 Å². The van der Waals surface area contributed by atoms with Gasteiger partial charge in [0.1, 0.15) is 11.9 Å². The Balaban J connectivity index is 1.70. The lowest BCUT2D eigenvalue weighted by atomic mass is 10.1. The maximum atomic E-state index is 11.9. The highest BCUT2D eigenvalue weighted by Crippen LogP contribution is 2.20. The normalized spacial score (nSPS) is 13.2. The number of aliphatic carboxylic acids is 1. The molecule has 5 N–H and O–H groups in total. The summed E-state index contributed by atoms with van der Waals surface area (Å²) >= 11 is 0.